The summed E-state index contributed by atoms with van der Waals surface area (Å²) in [6, 6.07) is 7.66. The Bertz CT molecular complexity index is 458. The molecule has 1 aromatic carbocycles. The van der Waals surface area contributed by atoms with E-state index in [0.717, 1.165) is 12.1 Å². The Balaban J connectivity index is 1.66. The molecule has 0 radical (unpaired) electrons. The average Bonchev–Trinajstić information content (AvgIpc) is 3.12. The van der Waals surface area contributed by atoms with Crippen LogP contribution < -0.4 is 16.2 Å². The summed E-state index contributed by atoms with van der Waals surface area (Å²) in [5.41, 5.74) is 7.33. The Morgan fingerprint density at radius 1 is 1.32 bits per heavy atom. The van der Waals surface area contributed by atoms with E-state index in [4.69, 9.17) is 11.6 Å². The number of hydrazine groups is 1. The van der Waals surface area contributed by atoms with E-state index in [2.05, 4.69) is 16.2 Å². The lowest BCUT2D eigenvalue weighted by Crippen LogP contribution is -2.36. The van der Waals surface area contributed by atoms with E-state index in [9.17, 15) is 4.79 Å². The first-order valence-corrected chi connectivity index (χ1v) is 7.13. The van der Waals surface area contributed by atoms with E-state index >= 15 is 0 Å². The highest BCUT2D eigenvalue weighted by molar-refractivity contribution is 6.30. The van der Waals surface area contributed by atoms with Crippen molar-refractivity contribution in [3.8, 4) is 0 Å². The Hall–Kier alpha value is -1.10. The fraction of sp³-hybridized carbons (Fsp3) is 0.500. The van der Waals surface area contributed by atoms with E-state index < -0.39 is 0 Å². The molecule has 19 heavy (non-hydrogen) atoms. The summed E-state index contributed by atoms with van der Waals surface area (Å²) in [6.07, 6.45) is 2.50. The van der Waals surface area contributed by atoms with Gasteiger partial charge in [-0.15, -0.1) is 0 Å². The number of nitrogens with one attached hydrogen (secondary N) is 3. The number of carbonyl (C=O) groups is 1. The van der Waals surface area contributed by atoms with E-state index in [1.54, 1.807) is 0 Å². The molecule has 1 aromatic rings. The molecular weight excluding hydrogens is 262 g/mol. The molecule has 3 rings (SSSR count). The SMILES string of the molecule is O=C(NCC1CC1)C1CNNC1c1ccc(Cl)cc1. The van der Waals surface area contributed by atoms with Crippen LogP contribution in [-0.2, 0) is 4.79 Å². The minimum absolute atomic E-state index is 0.0106. The molecule has 2 aliphatic rings. The summed E-state index contributed by atoms with van der Waals surface area (Å²) < 4.78 is 0. The molecule has 2 fully saturated rings. The predicted molar refractivity (Wildman–Crippen MR) is 74.6 cm³/mol. The van der Waals surface area contributed by atoms with Gasteiger partial charge in [0.05, 0.1) is 12.0 Å². The Morgan fingerprint density at radius 2 is 2.05 bits per heavy atom. The minimum atomic E-state index is -0.0695. The van der Waals surface area contributed by atoms with Gasteiger partial charge in [-0.3, -0.25) is 10.2 Å². The van der Waals surface area contributed by atoms with Crippen LogP contribution in [0, 0.1) is 11.8 Å². The number of rotatable bonds is 4. The van der Waals surface area contributed by atoms with Crippen molar-refractivity contribution in [2.75, 3.05) is 13.1 Å². The van der Waals surface area contributed by atoms with Gasteiger partial charge in [-0.25, -0.2) is 5.43 Å². The molecule has 1 aliphatic carbocycles. The number of benzene rings is 1. The highest BCUT2D eigenvalue weighted by Gasteiger charge is 2.34. The van der Waals surface area contributed by atoms with Gasteiger partial charge >= 0.3 is 0 Å². The first-order valence-electron chi connectivity index (χ1n) is 6.75. The molecule has 4 nitrogen and oxygen atoms in total. The normalized spacial score (nSPS) is 26.4. The van der Waals surface area contributed by atoms with Crippen molar-refractivity contribution < 1.29 is 4.79 Å². The van der Waals surface area contributed by atoms with Crippen LogP contribution in [0.4, 0.5) is 0 Å². The largest absolute Gasteiger partial charge is 0.355 e. The van der Waals surface area contributed by atoms with Gasteiger partial charge in [0.2, 0.25) is 5.91 Å². The third-order valence-corrected chi connectivity index (χ3v) is 4.06. The zero-order chi connectivity index (χ0) is 13.2. The van der Waals surface area contributed by atoms with Crippen LogP contribution in [0.15, 0.2) is 24.3 Å². The summed E-state index contributed by atoms with van der Waals surface area (Å²) >= 11 is 5.89. The lowest BCUT2D eigenvalue weighted by molar-refractivity contribution is -0.125. The van der Waals surface area contributed by atoms with Gasteiger partial charge in [-0.1, -0.05) is 23.7 Å². The third kappa shape index (κ3) is 3.08. The highest BCUT2D eigenvalue weighted by atomic mass is 35.5. The van der Waals surface area contributed by atoms with Crippen molar-refractivity contribution in [2.45, 2.75) is 18.9 Å². The van der Waals surface area contributed by atoms with E-state index in [0.29, 0.717) is 17.5 Å². The fourth-order valence-electron chi connectivity index (χ4n) is 2.43. The molecule has 5 heteroatoms. The average molecular weight is 280 g/mol. The van der Waals surface area contributed by atoms with Crippen LogP contribution in [0.25, 0.3) is 0 Å². The highest BCUT2D eigenvalue weighted by Crippen LogP contribution is 2.29. The fourth-order valence-corrected chi connectivity index (χ4v) is 2.55. The Kier molecular flexibility index (Phi) is 3.73. The van der Waals surface area contributed by atoms with Crippen LogP contribution in [0.1, 0.15) is 24.4 Å². The van der Waals surface area contributed by atoms with Crippen molar-refractivity contribution in [2.24, 2.45) is 11.8 Å². The van der Waals surface area contributed by atoms with Crippen LogP contribution in [0.3, 0.4) is 0 Å². The number of hydrogen-bond acceptors (Lipinski definition) is 3. The van der Waals surface area contributed by atoms with E-state index in [-0.39, 0.29) is 17.9 Å². The Morgan fingerprint density at radius 3 is 2.74 bits per heavy atom. The molecule has 1 amide bonds. The van der Waals surface area contributed by atoms with Crippen LogP contribution >= 0.6 is 11.6 Å². The summed E-state index contributed by atoms with van der Waals surface area (Å²) in [6.45, 7) is 1.48. The minimum Gasteiger partial charge on any atom is -0.355 e. The second-order valence-electron chi connectivity index (χ2n) is 5.35. The zero-order valence-corrected chi connectivity index (χ0v) is 11.4. The molecule has 3 N–H and O–H groups in total. The standard InChI is InChI=1S/C14H18ClN3O/c15-11-5-3-10(4-6-11)13-12(8-17-18-13)14(19)16-7-9-1-2-9/h3-6,9,12-13,17-18H,1-2,7-8H2,(H,16,19). The van der Waals surface area contributed by atoms with Gasteiger partial charge in [0.1, 0.15) is 0 Å². The van der Waals surface area contributed by atoms with Crippen molar-refractivity contribution in [1.82, 2.24) is 16.2 Å². The second-order valence-corrected chi connectivity index (χ2v) is 5.79. The first kappa shape index (κ1) is 12.9. The van der Waals surface area contributed by atoms with Gasteiger partial charge < -0.3 is 5.32 Å². The van der Waals surface area contributed by atoms with Crippen LogP contribution in [0.2, 0.25) is 5.02 Å². The molecule has 2 atom stereocenters. The first-order chi connectivity index (χ1) is 9.24. The predicted octanol–water partition coefficient (Wildman–Crippen LogP) is 1.63. The number of hydrogen-bond donors (Lipinski definition) is 3. The van der Waals surface area contributed by atoms with Gasteiger partial charge in [-0.05, 0) is 36.5 Å². The van der Waals surface area contributed by atoms with Crippen molar-refractivity contribution >= 4 is 17.5 Å². The van der Waals surface area contributed by atoms with Gasteiger partial charge in [0, 0.05) is 18.1 Å². The molecule has 1 saturated carbocycles. The van der Waals surface area contributed by atoms with Crippen molar-refractivity contribution in [3.63, 3.8) is 0 Å². The van der Waals surface area contributed by atoms with Gasteiger partial charge in [-0.2, -0.15) is 0 Å². The maximum Gasteiger partial charge on any atom is 0.226 e. The number of halogens is 1. The monoisotopic (exact) mass is 279 g/mol. The van der Waals surface area contributed by atoms with E-state index in [1.807, 2.05) is 24.3 Å². The summed E-state index contributed by atoms with van der Waals surface area (Å²) in [4.78, 5) is 12.2. The number of amides is 1. The smallest absolute Gasteiger partial charge is 0.226 e. The molecule has 102 valence electrons. The summed E-state index contributed by atoms with van der Waals surface area (Å²) in [7, 11) is 0. The molecular formula is C14H18ClN3O. The second kappa shape index (κ2) is 5.49. The quantitative estimate of drug-likeness (QED) is 0.785. The van der Waals surface area contributed by atoms with Crippen molar-refractivity contribution in [1.29, 1.82) is 0 Å². The topological polar surface area (TPSA) is 53.2 Å². The molecule has 0 aromatic heterocycles. The van der Waals surface area contributed by atoms with Crippen molar-refractivity contribution in [3.05, 3.63) is 34.9 Å². The Labute approximate surface area is 117 Å². The molecule has 0 bridgehead atoms. The van der Waals surface area contributed by atoms with Gasteiger partial charge in [0.25, 0.3) is 0 Å². The summed E-state index contributed by atoms with van der Waals surface area (Å²) in [5.74, 6) is 0.768. The van der Waals surface area contributed by atoms with Crippen LogP contribution in [0.5, 0.6) is 0 Å². The molecule has 1 aliphatic heterocycles. The zero-order valence-electron chi connectivity index (χ0n) is 10.7. The van der Waals surface area contributed by atoms with Gasteiger partial charge in [0.15, 0.2) is 0 Å². The van der Waals surface area contributed by atoms with E-state index in [1.165, 1.54) is 12.8 Å². The maximum absolute atomic E-state index is 12.2. The van der Waals surface area contributed by atoms with Crippen LogP contribution in [-0.4, -0.2) is 19.0 Å². The lowest BCUT2D eigenvalue weighted by Gasteiger charge is -2.18. The number of carbonyl (C=O) groups excluding carboxylic acids is 1. The molecule has 0 spiro atoms. The molecule has 1 heterocycles. The lowest BCUT2D eigenvalue weighted by atomic mass is 9.94. The summed E-state index contributed by atoms with van der Waals surface area (Å²) in [5, 5.41) is 3.77. The molecule has 2 unspecified atom stereocenters. The molecule has 1 saturated heterocycles. The maximum atomic E-state index is 12.2. The third-order valence-electron chi connectivity index (χ3n) is 3.81.